The number of nitrogens with zero attached hydrogens (tertiary/aromatic N) is 1. The molecule has 4 aliphatic carbocycles. The Kier molecular flexibility index (Phi) is 6.43. The summed E-state index contributed by atoms with van der Waals surface area (Å²) in [7, 11) is 1.00. The van der Waals surface area contributed by atoms with Crippen LogP contribution in [0.25, 0.3) is 0 Å². The van der Waals surface area contributed by atoms with Crippen molar-refractivity contribution in [2.75, 3.05) is 13.7 Å². The number of hydrogen-bond acceptors (Lipinski definition) is 5. The van der Waals surface area contributed by atoms with Crippen LogP contribution in [0.1, 0.15) is 72.1 Å². The highest BCUT2D eigenvalue weighted by Gasteiger charge is 2.66. The van der Waals surface area contributed by atoms with Crippen LogP contribution in [0.2, 0.25) is 0 Å². The Morgan fingerprint density at radius 2 is 1.71 bits per heavy atom. The molecule has 0 spiro atoms. The predicted octanol–water partition coefficient (Wildman–Crippen LogP) is 3.66. The van der Waals surface area contributed by atoms with Gasteiger partial charge in [-0.3, -0.25) is 10.1 Å². The maximum atomic E-state index is 11.6. The molecule has 162 valence electrons. The van der Waals surface area contributed by atoms with Gasteiger partial charge in [0.2, 0.25) is 6.04 Å². The number of nitro groups is 1. The van der Waals surface area contributed by atoms with E-state index in [1.54, 1.807) is 0 Å². The Labute approximate surface area is 169 Å². The number of rotatable bonds is 3. The summed E-state index contributed by atoms with van der Waals surface area (Å²) in [5, 5.41) is 29.9. The summed E-state index contributed by atoms with van der Waals surface area (Å²) in [5.74, 6) is 1.80. The number of fused-ring (bicyclic) bond motifs is 5. The zero-order valence-corrected chi connectivity index (χ0v) is 18.0. The lowest BCUT2D eigenvalue weighted by molar-refractivity contribution is -0.541. The van der Waals surface area contributed by atoms with Crippen LogP contribution in [-0.2, 0) is 4.74 Å². The second-order valence-electron chi connectivity index (χ2n) is 10.1. The third-order valence-electron chi connectivity index (χ3n) is 9.11. The largest absolute Gasteiger partial charge is 0.400 e. The Bertz CT molecular complexity index is 571. The molecule has 0 saturated heterocycles. The molecule has 0 aromatic heterocycles. The molecule has 28 heavy (non-hydrogen) atoms. The van der Waals surface area contributed by atoms with Crippen molar-refractivity contribution < 1.29 is 19.9 Å². The van der Waals surface area contributed by atoms with Crippen molar-refractivity contribution in [2.45, 2.75) is 90.4 Å². The molecule has 4 fully saturated rings. The van der Waals surface area contributed by atoms with Gasteiger partial charge < -0.3 is 14.9 Å². The maximum absolute atomic E-state index is 11.6. The van der Waals surface area contributed by atoms with Gasteiger partial charge in [0.05, 0.1) is 12.2 Å². The second kappa shape index (κ2) is 8.19. The molecule has 4 saturated carbocycles. The van der Waals surface area contributed by atoms with E-state index in [9.17, 15) is 15.2 Å². The Balaban J connectivity index is 0.00000109. The van der Waals surface area contributed by atoms with Gasteiger partial charge in [-0.05, 0) is 81.0 Å². The monoisotopic (exact) mass is 397 g/mol. The van der Waals surface area contributed by atoms with Gasteiger partial charge in [0.25, 0.3) is 0 Å². The minimum Gasteiger partial charge on any atom is -0.400 e. The molecule has 9 atom stereocenters. The summed E-state index contributed by atoms with van der Waals surface area (Å²) in [6, 6.07) is -0.476. The fraction of sp³-hybridized carbons (Fsp3) is 1.00. The smallest absolute Gasteiger partial charge is 0.218 e. The first-order valence-electron chi connectivity index (χ1n) is 11.2. The molecular formula is C22H39NO5. The molecule has 4 rings (SSSR count). The molecule has 0 bridgehead atoms. The summed E-state index contributed by atoms with van der Waals surface area (Å²) < 4.78 is 6.00. The van der Waals surface area contributed by atoms with Crippen molar-refractivity contribution in [1.29, 1.82) is 0 Å². The van der Waals surface area contributed by atoms with Crippen LogP contribution in [0.5, 0.6) is 0 Å². The first kappa shape index (κ1) is 22.0. The van der Waals surface area contributed by atoms with Gasteiger partial charge in [-0.15, -0.1) is 0 Å². The van der Waals surface area contributed by atoms with Crippen LogP contribution < -0.4 is 0 Å². The zero-order valence-electron chi connectivity index (χ0n) is 18.0. The third-order valence-corrected chi connectivity index (χ3v) is 9.11. The molecule has 4 aliphatic rings. The van der Waals surface area contributed by atoms with E-state index >= 15 is 0 Å². The van der Waals surface area contributed by atoms with Gasteiger partial charge in [0.15, 0.2) is 0 Å². The Morgan fingerprint density at radius 3 is 2.36 bits per heavy atom. The first-order chi connectivity index (χ1) is 13.3. The fourth-order valence-corrected chi connectivity index (χ4v) is 8.13. The Morgan fingerprint density at radius 1 is 1.04 bits per heavy atom. The van der Waals surface area contributed by atoms with Crippen molar-refractivity contribution in [1.82, 2.24) is 0 Å². The molecule has 0 amide bonds. The second-order valence-corrected chi connectivity index (χ2v) is 10.1. The highest BCUT2D eigenvalue weighted by Crippen LogP contribution is 2.66. The highest BCUT2D eigenvalue weighted by atomic mass is 16.6. The van der Waals surface area contributed by atoms with Crippen molar-refractivity contribution in [3.05, 3.63) is 10.1 Å². The lowest BCUT2D eigenvalue weighted by atomic mass is 9.44. The van der Waals surface area contributed by atoms with E-state index in [2.05, 4.69) is 20.8 Å². The van der Waals surface area contributed by atoms with E-state index < -0.39 is 12.1 Å². The van der Waals surface area contributed by atoms with Crippen LogP contribution >= 0.6 is 0 Å². The van der Waals surface area contributed by atoms with Gasteiger partial charge in [0, 0.05) is 30.5 Å². The summed E-state index contributed by atoms with van der Waals surface area (Å²) >= 11 is 0. The predicted molar refractivity (Wildman–Crippen MR) is 107 cm³/mol. The van der Waals surface area contributed by atoms with E-state index in [0.29, 0.717) is 36.7 Å². The van der Waals surface area contributed by atoms with Crippen LogP contribution in [0.4, 0.5) is 0 Å². The van der Waals surface area contributed by atoms with Crippen molar-refractivity contribution in [2.24, 2.45) is 34.5 Å². The molecule has 0 aromatic carbocycles. The van der Waals surface area contributed by atoms with Gasteiger partial charge in [-0.25, -0.2) is 0 Å². The molecular weight excluding hydrogens is 358 g/mol. The molecule has 0 heterocycles. The first-order valence-corrected chi connectivity index (χ1v) is 11.2. The van der Waals surface area contributed by atoms with Crippen LogP contribution in [0.15, 0.2) is 0 Å². The molecule has 6 nitrogen and oxygen atoms in total. The van der Waals surface area contributed by atoms with Crippen molar-refractivity contribution in [3.8, 4) is 0 Å². The van der Waals surface area contributed by atoms with E-state index in [1.165, 1.54) is 12.8 Å². The molecule has 0 radical (unpaired) electrons. The van der Waals surface area contributed by atoms with Crippen molar-refractivity contribution >= 4 is 0 Å². The van der Waals surface area contributed by atoms with E-state index in [-0.39, 0.29) is 21.7 Å². The quantitative estimate of drug-likeness (QED) is 0.560. The minimum absolute atomic E-state index is 0.0634. The average molecular weight is 398 g/mol. The van der Waals surface area contributed by atoms with Crippen LogP contribution in [-0.4, -0.2) is 47.1 Å². The van der Waals surface area contributed by atoms with Crippen LogP contribution in [0, 0.1) is 44.6 Å². The highest BCUT2D eigenvalue weighted by molar-refractivity contribution is 5.12. The maximum Gasteiger partial charge on any atom is 0.218 e. The minimum atomic E-state index is -0.476. The average Bonchev–Trinajstić information content (AvgIpc) is 2.99. The molecule has 6 heteroatoms. The summed E-state index contributed by atoms with van der Waals surface area (Å²) in [4.78, 5) is 11.6. The zero-order chi connectivity index (χ0) is 20.7. The SMILES string of the molecule is CCOC1CCC2CCC3C4CCC([N+](=O)[O-])C4(C)CC(O)C3C2(C)C1.CO. The van der Waals surface area contributed by atoms with Gasteiger partial charge in [0.1, 0.15) is 0 Å². The number of aliphatic hydroxyl groups excluding tert-OH is 2. The molecule has 0 aromatic rings. The van der Waals surface area contributed by atoms with Crippen LogP contribution in [0.3, 0.4) is 0 Å². The standard InChI is InChI=1S/C21H35NO4.CH4O/c1-4-26-14-7-5-13-6-8-15-16-9-10-18(22(24)25)21(16,3)12-17(23)19(15)20(13,2)11-14;1-2/h13-19,23H,4-12H2,1-3H3;2H,1H3. The Hall–Kier alpha value is -0.720. The normalized spacial score (nSPS) is 49.9. The van der Waals surface area contributed by atoms with Gasteiger partial charge in [-0.1, -0.05) is 13.8 Å². The van der Waals surface area contributed by atoms with E-state index in [0.717, 1.165) is 39.4 Å². The summed E-state index contributed by atoms with van der Waals surface area (Å²) in [6.45, 7) is 7.31. The van der Waals surface area contributed by atoms with E-state index in [1.807, 2.05) is 0 Å². The summed E-state index contributed by atoms with van der Waals surface area (Å²) in [5.41, 5.74) is -0.213. The summed E-state index contributed by atoms with van der Waals surface area (Å²) in [6.07, 6.45) is 7.92. The lowest BCUT2D eigenvalue weighted by Gasteiger charge is -2.61. The molecule has 2 N–H and O–H groups in total. The number of ether oxygens (including phenoxy) is 1. The fourth-order valence-electron chi connectivity index (χ4n) is 8.13. The number of hydrogen-bond donors (Lipinski definition) is 2. The van der Waals surface area contributed by atoms with Crippen molar-refractivity contribution in [3.63, 3.8) is 0 Å². The van der Waals surface area contributed by atoms with E-state index in [4.69, 9.17) is 9.84 Å². The van der Waals surface area contributed by atoms with Gasteiger partial charge >= 0.3 is 0 Å². The topological polar surface area (TPSA) is 92.8 Å². The van der Waals surface area contributed by atoms with Gasteiger partial charge in [-0.2, -0.15) is 0 Å². The molecule has 0 aliphatic heterocycles. The third kappa shape index (κ3) is 3.29. The number of aliphatic hydroxyl groups is 2. The lowest BCUT2D eigenvalue weighted by Crippen LogP contribution is -2.60. The molecule has 9 unspecified atom stereocenters.